The van der Waals surface area contributed by atoms with Gasteiger partial charge in [0.1, 0.15) is 5.82 Å². The molecule has 0 unspecified atom stereocenters. The average Bonchev–Trinajstić information content (AvgIpc) is 2.47. The zero-order valence-electron chi connectivity index (χ0n) is 11.7. The number of carbonyl (C=O) groups excluding carboxylic acids is 1. The summed E-state index contributed by atoms with van der Waals surface area (Å²) in [6.45, 7) is 4.20. The molecule has 2 aromatic rings. The number of para-hydroxylation sites is 1. The van der Waals surface area contributed by atoms with Crippen molar-refractivity contribution in [3.63, 3.8) is 0 Å². The van der Waals surface area contributed by atoms with E-state index in [4.69, 9.17) is 0 Å². The van der Waals surface area contributed by atoms with Crippen molar-refractivity contribution in [3.05, 3.63) is 65.5 Å². The summed E-state index contributed by atoms with van der Waals surface area (Å²) in [6, 6.07) is 13.6. The number of hydrogen-bond donors (Lipinski definition) is 1. The van der Waals surface area contributed by atoms with Gasteiger partial charge in [-0.05, 0) is 36.1 Å². The van der Waals surface area contributed by atoms with Gasteiger partial charge < -0.3 is 5.32 Å². The third-order valence-corrected chi connectivity index (χ3v) is 3.47. The Kier molecular flexibility index (Phi) is 4.51. The number of hydrogen-bond acceptors (Lipinski definition) is 1. The fourth-order valence-electron chi connectivity index (χ4n) is 2.10. The highest BCUT2D eigenvalue weighted by atomic mass is 19.1. The molecular formula is C17H18FNO. The molecular weight excluding hydrogens is 253 g/mol. The summed E-state index contributed by atoms with van der Waals surface area (Å²) in [5.74, 6) is -0.586. The lowest BCUT2D eigenvalue weighted by atomic mass is 9.97. The SMILES string of the molecule is CC[C@@H](C)c1ccccc1NC(=O)c1ccccc1F. The van der Waals surface area contributed by atoms with Crippen LogP contribution in [0, 0.1) is 5.82 Å². The van der Waals surface area contributed by atoms with Crippen molar-refractivity contribution < 1.29 is 9.18 Å². The van der Waals surface area contributed by atoms with Crippen LogP contribution in [0.2, 0.25) is 0 Å². The van der Waals surface area contributed by atoms with Crippen molar-refractivity contribution in [3.8, 4) is 0 Å². The van der Waals surface area contributed by atoms with E-state index in [2.05, 4.69) is 19.2 Å². The first-order valence-electron chi connectivity index (χ1n) is 6.78. The zero-order valence-corrected chi connectivity index (χ0v) is 11.7. The summed E-state index contributed by atoms with van der Waals surface area (Å²) in [5, 5.41) is 2.80. The second-order valence-electron chi connectivity index (χ2n) is 4.83. The van der Waals surface area contributed by atoms with Gasteiger partial charge in [-0.3, -0.25) is 4.79 Å². The molecule has 0 saturated heterocycles. The molecule has 1 atom stereocenters. The van der Waals surface area contributed by atoms with E-state index in [9.17, 15) is 9.18 Å². The van der Waals surface area contributed by atoms with Gasteiger partial charge in [0.05, 0.1) is 5.56 Å². The van der Waals surface area contributed by atoms with Crippen molar-refractivity contribution in [2.24, 2.45) is 0 Å². The van der Waals surface area contributed by atoms with Crippen LogP contribution in [0.3, 0.4) is 0 Å². The van der Waals surface area contributed by atoms with E-state index in [0.29, 0.717) is 5.92 Å². The quantitative estimate of drug-likeness (QED) is 0.865. The van der Waals surface area contributed by atoms with Crippen molar-refractivity contribution in [1.82, 2.24) is 0 Å². The zero-order chi connectivity index (χ0) is 14.5. The minimum atomic E-state index is -0.508. The molecule has 0 aliphatic heterocycles. The number of rotatable bonds is 4. The summed E-state index contributed by atoms with van der Waals surface area (Å²) < 4.78 is 13.6. The van der Waals surface area contributed by atoms with Crippen LogP contribution >= 0.6 is 0 Å². The average molecular weight is 271 g/mol. The van der Waals surface area contributed by atoms with E-state index in [1.54, 1.807) is 12.1 Å². The van der Waals surface area contributed by atoms with Gasteiger partial charge in [0.25, 0.3) is 5.91 Å². The summed E-state index contributed by atoms with van der Waals surface area (Å²) in [5.41, 5.74) is 1.88. The number of benzene rings is 2. The monoisotopic (exact) mass is 271 g/mol. The minimum Gasteiger partial charge on any atom is -0.322 e. The van der Waals surface area contributed by atoms with Crippen LogP contribution in [-0.4, -0.2) is 5.91 Å². The smallest absolute Gasteiger partial charge is 0.258 e. The van der Waals surface area contributed by atoms with Crippen molar-refractivity contribution in [1.29, 1.82) is 0 Å². The lowest BCUT2D eigenvalue weighted by molar-refractivity contribution is 0.102. The Bertz CT molecular complexity index is 609. The number of nitrogens with one attached hydrogen (secondary N) is 1. The molecule has 0 radical (unpaired) electrons. The predicted molar refractivity (Wildman–Crippen MR) is 79.5 cm³/mol. The maximum absolute atomic E-state index is 13.6. The van der Waals surface area contributed by atoms with Gasteiger partial charge in [0, 0.05) is 5.69 Å². The first-order chi connectivity index (χ1) is 9.63. The van der Waals surface area contributed by atoms with E-state index in [0.717, 1.165) is 17.7 Å². The molecule has 2 aromatic carbocycles. The van der Waals surface area contributed by atoms with Crippen molar-refractivity contribution >= 4 is 11.6 Å². The summed E-state index contributed by atoms with van der Waals surface area (Å²) in [6.07, 6.45) is 0.979. The van der Waals surface area contributed by atoms with Gasteiger partial charge in [-0.25, -0.2) is 4.39 Å². The number of halogens is 1. The highest BCUT2D eigenvalue weighted by Gasteiger charge is 2.14. The molecule has 0 aromatic heterocycles. The van der Waals surface area contributed by atoms with Crippen LogP contribution in [0.1, 0.15) is 42.1 Å². The molecule has 0 heterocycles. The molecule has 1 N–H and O–H groups in total. The molecule has 0 aliphatic rings. The van der Waals surface area contributed by atoms with Crippen LogP contribution < -0.4 is 5.32 Å². The van der Waals surface area contributed by atoms with Gasteiger partial charge >= 0.3 is 0 Å². The summed E-state index contributed by atoms with van der Waals surface area (Å²) in [4.78, 5) is 12.1. The third kappa shape index (κ3) is 3.05. The molecule has 2 nitrogen and oxygen atoms in total. The largest absolute Gasteiger partial charge is 0.322 e. The van der Waals surface area contributed by atoms with Crippen LogP contribution in [0.15, 0.2) is 48.5 Å². The van der Waals surface area contributed by atoms with Crippen LogP contribution in [0.4, 0.5) is 10.1 Å². The second kappa shape index (κ2) is 6.33. The molecule has 1 amide bonds. The fraction of sp³-hybridized carbons (Fsp3) is 0.235. The van der Waals surface area contributed by atoms with E-state index in [1.807, 2.05) is 24.3 Å². The van der Waals surface area contributed by atoms with Gasteiger partial charge in [0.2, 0.25) is 0 Å². The van der Waals surface area contributed by atoms with Crippen LogP contribution in [0.5, 0.6) is 0 Å². The van der Waals surface area contributed by atoms with Gasteiger partial charge in [0.15, 0.2) is 0 Å². The molecule has 104 valence electrons. The first-order valence-corrected chi connectivity index (χ1v) is 6.78. The summed E-state index contributed by atoms with van der Waals surface area (Å²) >= 11 is 0. The Morgan fingerprint density at radius 1 is 1.15 bits per heavy atom. The normalized spacial score (nSPS) is 11.9. The standard InChI is InChI=1S/C17H18FNO/c1-3-12(2)13-8-5-7-11-16(13)19-17(20)14-9-4-6-10-15(14)18/h4-12H,3H2,1-2H3,(H,19,20)/t12-/m1/s1. The Morgan fingerprint density at radius 3 is 2.50 bits per heavy atom. The topological polar surface area (TPSA) is 29.1 Å². The summed E-state index contributed by atoms with van der Waals surface area (Å²) in [7, 11) is 0. The van der Waals surface area contributed by atoms with Crippen molar-refractivity contribution in [2.75, 3.05) is 5.32 Å². The number of carbonyl (C=O) groups is 1. The van der Waals surface area contributed by atoms with E-state index in [1.165, 1.54) is 12.1 Å². The van der Waals surface area contributed by atoms with Crippen molar-refractivity contribution in [2.45, 2.75) is 26.2 Å². The van der Waals surface area contributed by atoms with Gasteiger partial charge in [-0.2, -0.15) is 0 Å². The molecule has 0 bridgehead atoms. The Hall–Kier alpha value is -2.16. The van der Waals surface area contributed by atoms with Crippen LogP contribution in [-0.2, 0) is 0 Å². The molecule has 3 heteroatoms. The lowest BCUT2D eigenvalue weighted by Gasteiger charge is -2.15. The fourth-order valence-corrected chi connectivity index (χ4v) is 2.10. The molecule has 2 rings (SSSR count). The maximum atomic E-state index is 13.6. The number of amides is 1. The van der Waals surface area contributed by atoms with Crippen LogP contribution in [0.25, 0.3) is 0 Å². The lowest BCUT2D eigenvalue weighted by Crippen LogP contribution is -2.15. The molecule has 0 saturated carbocycles. The van der Waals surface area contributed by atoms with E-state index >= 15 is 0 Å². The number of anilines is 1. The Labute approximate surface area is 118 Å². The first kappa shape index (κ1) is 14.3. The molecule has 0 spiro atoms. The molecule has 20 heavy (non-hydrogen) atoms. The van der Waals surface area contributed by atoms with E-state index < -0.39 is 11.7 Å². The Morgan fingerprint density at radius 2 is 1.80 bits per heavy atom. The highest BCUT2D eigenvalue weighted by Crippen LogP contribution is 2.27. The van der Waals surface area contributed by atoms with E-state index in [-0.39, 0.29) is 5.56 Å². The van der Waals surface area contributed by atoms with Gasteiger partial charge in [-0.15, -0.1) is 0 Å². The third-order valence-electron chi connectivity index (χ3n) is 3.47. The maximum Gasteiger partial charge on any atom is 0.258 e. The second-order valence-corrected chi connectivity index (χ2v) is 4.83. The molecule has 0 fully saturated rings. The van der Waals surface area contributed by atoms with Gasteiger partial charge in [-0.1, -0.05) is 44.2 Å². The molecule has 0 aliphatic carbocycles. The predicted octanol–water partition coefficient (Wildman–Crippen LogP) is 4.59. The highest BCUT2D eigenvalue weighted by molar-refractivity contribution is 6.04. The Balaban J connectivity index is 2.27. The minimum absolute atomic E-state index is 0.0615.